The molecule has 0 radical (unpaired) electrons. The average Bonchev–Trinajstić information content (AvgIpc) is 2.56. The fourth-order valence-corrected chi connectivity index (χ4v) is 1.42. The van der Waals surface area contributed by atoms with Crippen LogP contribution in [0.15, 0.2) is 18.3 Å². The Morgan fingerprint density at radius 2 is 2.40 bits per heavy atom. The van der Waals surface area contributed by atoms with Crippen LogP contribution in [0.4, 0.5) is 5.82 Å². The molecule has 5 N–H and O–H groups in total. The highest BCUT2D eigenvalue weighted by molar-refractivity contribution is 5.41. The van der Waals surface area contributed by atoms with E-state index in [0.29, 0.717) is 5.82 Å². The van der Waals surface area contributed by atoms with Gasteiger partial charge >= 0.3 is 0 Å². The van der Waals surface area contributed by atoms with E-state index < -0.39 is 0 Å². The van der Waals surface area contributed by atoms with E-state index in [2.05, 4.69) is 24.0 Å². The van der Waals surface area contributed by atoms with Crippen molar-refractivity contribution in [2.24, 2.45) is 12.9 Å². The van der Waals surface area contributed by atoms with Gasteiger partial charge in [-0.2, -0.15) is 5.10 Å². The Morgan fingerprint density at radius 3 is 2.80 bits per heavy atom. The summed E-state index contributed by atoms with van der Waals surface area (Å²) in [7, 11) is 1.81. The average molecular weight is 209 g/mol. The monoisotopic (exact) mass is 209 g/mol. The maximum Gasteiger partial charge on any atom is 0.126 e. The highest BCUT2D eigenvalue weighted by atomic mass is 15.3. The van der Waals surface area contributed by atoms with Crippen LogP contribution in [0.1, 0.15) is 31.4 Å². The molecule has 0 aromatic carbocycles. The Morgan fingerprint density at radius 1 is 1.73 bits per heavy atom. The molecule has 0 aliphatic rings. The highest BCUT2D eigenvalue weighted by Gasteiger charge is 2.16. The van der Waals surface area contributed by atoms with Crippen molar-refractivity contribution in [3.05, 3.63) is 23.9 Å². The van der Waals surface area contributed by atoms with E-state index in [0.717, 1.165) is 24.0 Å². The third-order valence-electron chi connectivity index (χ3n) is 2.58. The van der Waals surface area contributed by atoms with Crippen LogP contribution in [0.25, 0.3) is 0 Å². The zero-order valence-corrected chi connectivity index (χ0v) is 9.33. The summed E-state index contributed by atoms with van der Waals surface area (Å²) in [6.45, 7) is 6.03. The van der Waals surface area contributed by atoms with Crippen LogP contribution >= 0.6 is 0 Å². The fraction of sp³-hybridized carbons (Fsp3) is 0.500. The summed E-state index contributed by atoms with van der Waals surface area (Å²) in [5.74, 6) is 6.14. The number of rotatable bonds is 5. The minimum atomic E-state index is -0.00819. The number of anilines is 1. The molecule has 0 saturated heterocycles. The molecule has 84 valence electrons. The second kappa shape index (κ2) is 4.95. The van der Waals surface area contributed by atoms with E-state index in [1.165, 1.54) is 0 Å². The summed E-state index contributed by atoms with van der Waals surface area (Å²) in [5, 5.41) is 4.08. The second-order valence-electron chi connectivity index (χ2n) is 3.64. The van der Waals surface area contributed by atoms with Crippen molar-refractivity contribution in [1.29, 1.82) is 0 Å². The van der Waals surface area contributed by atoms with Crippen LogP contribution < -0.4 is 17.0 Å². The normalized spacial score (nSPS) is 12.7. The molecule has 0 saturated carbocycles. The fourth-order valence-electron chi connectivity index (χ4n) is 1.42. The number of aryl methyl sites for hydroxylation is 1. The zero-order chi connectivity index (χ0) is 11.4. The molecule has 1 aromatic heterocycles. The number of hydrogen-bond donors (Lipinski definition) is 3. The van der Waals surface area contributed by atoms with Crippen LogP contribution in [-0.2, 0) is 7.05 Å². The number of aromatic nitrogens is 2. The van der Waals surface area contributed by atoms with E-state index in [1.54, 1.807) is 17.9 Å². The van der Waals surface area contributed by atoms with Gasteiger partial charge in [0.1, 0.15) is 5.82 Å². The molecule has 0 fully saturated rings. The van der Waals surface area contributed by atoms with Gasteiger partial charge in [0.2, 0.25) is 0 Å². The predicted octanol–water partition coefficient (Wildman–Crippen LogP) is 0.863. The molecule has 15 heavy (non-hydrogen) atoms. The van der Waals surface area contributed by atoms with Gasteiger partial charge in [-0.3, -0.25) is 16.0 Å². The minimum Gasteiger partial charge on any atom is -0.384 e. The summed E-state index contributed by atoms with van der Waals surface area (Å²) in [6, 6.07) is -0.00819. The molecule has 1 heterocycles. The summed E-state index contributed by atoms with van der Waals surface area (Å²) in [4.78, 5) is 0. The summed E-state index contributed by atoms with van der Waals surface area (Å²) in [5.41, 5.74) is 10.7. The summed E-state index contributed by atoms with van der Waals surface area (Å²) in [6.07, 6.45) is 3.46. The first-order valence-electron chi connectivity index (χ1n) is 5.00. The van der Waals surface area contributed by atoms with Crippen LogP contribution in [0.2, 0.25) is 0 Å². The number of nitrogens with zero attached hydrogens (tertiary/aromatic N) is 2. The summed E-state index contributed by atoms with van der Waals surface area (Å²) >= 11 is 0. The van der Waals surface area contributed by atoms with Crippen molar-refractivity contribution in [3.63, 3.8) is 0 Å². The number of nitrogens with one attached hydrogen (secondary N) is 1. The first-order chi connectivity index (χ1) is 7.10. The van der Waals surface area contributed by atoms with Gasteiger partial charge in [0.15, 0.2) is 0 Å². The molecule has 1 aromatic rings. The van der Waals surface area contributed by atoms with Gasteiger partial charge in [-0.1, -0.05) is 19.1 Å². The van der Waals surface area contributed by atoms with Crippen molar-refractivity contribution >= 4 is 5.82 Å². The van der Waals surface area contributed by atoms with Crippen LogP contribution in [-0.4, -0.2) is 9.78 Å². The maximum absolute atomic E-state index is 5.87. The Kier molecular flexibility index (Phi) is 3.88. The smallest absolute Gasteiger partial charge is 0.126 e. The predicted molar refractivity (Wildman–Crippen MR) is 61.7 cm³/mol. The molecule has 1 rings (SSSR count). The molecule has 5 heteroatoms. The van der Waals surface area contributed by atoms with E-state index in [-0.39, 0.29) is 6.04 Å². The number of hydrazine groups is 1. The van der Waals surface area contributed by atoms with Crippen molar-refractivity contribution in [3.8, 4) is 0 Å². The quantitative estimate of drug-likeness (QED) is 0.381. The molecule has 0 aliphatic carbocycles. The van der Waals surface area contributed by atoms with Crippen molar-refractivity contribution < 1.29 is 0 Å². The molecule has 1 atom stereocenters. The SMILES string of the molecule is C=C(CC)CC(NN)c1cnn(C)c1N. The molecular weight excluding hydrogens is 190 g/mol. The topological polar surface area (TPSA) is 81.9 Å². The van der Waals surface area contributed by atoms with Crippen LogP contribution in [0.3, 0.4) is 0 Å². The Balaban J connectivity index is 2.83. The first-order valence-corrected chi connectivity index (χ1v) is 5.00. The largest absolute Gasteiger partial charge is 0.384 e. The molecule has 5 nitrogen and oxygen atoms in total. The van der Waals surface area contributed by atoms with Gasteiger partial charge in [0.05, 0.1) is 12.2 Å². The Labute approximate surface area is 90.1 Å². The molecule has 0 amide bonds. The van der Waals surface area contributed by atoms with Gasteiger partial charge in [0.25, 0.3) is 0 Å². The molecular formula is C10H19N5. The Hall–Kier alpha value is -1.33. The second-order valence-corrected chi connectivity index (χ2v) is 3.64. The highest BCUT2D eigenvalue weighted by Crippen LogP contribution is 2.25. The molecule has 0 bridgehead atoms. The van der Waals surface area contributed by atoms with Crippen molar-refractivity contribution in [2.45, 2.75) is 25.8 Å². The van der Waals surface area contributed by atoms with E-state index in [1.807, 2.05) is 0 Å². The van der Waals surface area contributed by atoms with Gasteiger partial charge in [-0.15, -0.1) is 0 Å². The lowest BCUT2D eigenvalue weighted by Crippen LogP contribution is -2.28. The van der Waals surface area contributed by atoms with Crippen molar-refractivity contribution in [1.82, 2.24) is 15.2 Å². The lowest BCUT2D eigenvalue weighted by molar-refractivity contribution is 0.546. The van der Waals surface area contributed by atoms with Gasteiger partial charge in [-0.25, -0.2) is 0 Å². The van der Waals surface area contributed by atoms with Crippen molar-refractivity contribution in [2.75, 3.05) is 5.73 Å². The first kappa shape index (κ1) is 11.7. The standard InChI is InChI=1S/C10H19N5/c1-4-7(2)5-9(14-12)8-6-13-15(3)10(8)11/h6,9,14H,2,4-5,11-12H2,1,3H3. The molecule has 0 spiro atoms. The van der Waals surface area contributed by atoms with Gasteiger partial charge < -0.3 is 5.73 Å². The van der Waals surface area contributed by atoms with E-state index >= 15 is 0 Å². The number of nitrogen functional groups attached to an aromatic ring is 1. The van der Waals surface area contributed by atoms with Gasteiger partial charge in [0, 0.05) is 12.6 Å². The third kappa shape index (κ3) is 2.57. The maximum atomic E-state index is 5.87. The van der Waals surface area contributed by atoms with E-state index in [4.69, 9.17) is 11.6 Å². The number of nitrogens with two attached hydrogens (primary N) is 2. The molecule has 0 aliphatic heterocycles. The lowest BCUT2D eigenvalue weighted by Gasteiger charge is -2.16. The van der Waals surface area contributed by atoms with Crippen LogP contribution in [0.5, 0.6) is 0 Å². The zero-order valence-electron chi connectivity index (χ0n) is 9.33. The lowest BCUT2D eigenvalue weighted by atomic mass is 10.0. The summed E-state index contributed by atoms with van der Waals surface area (Å²) < 4.78 is 1.63. The third-order valence-corrected chi connectivity index (χ3v) is 2.58. The number of hydrogen-bond acceptors (Lipinski definition) is 4. The van der Waals surface area contributed by atoms with Crippen LogP contribution in [0, 0.1) is 0 Å². The van der Waals surface area contributed by atoms with E-state index in [9.17, 15) is 0 Å². The Bertz CT molecular complexity index is 342. The molecule has 1 unspecified atom stereocenters. The van der Waals surface area contributed by atoms with Gasteiger partial charge in [-0.05, 0) is 12.8 Å². The minimum absolute atomic E-state index is 0.00819.